The highest BCUT2D eigenvalue weighted by Gasteiger charge is 2.22. The molecule has 1 saturated carbocycles. The fourth-order valence-corrected chi connectivity index (χ4v) is 4.75. The number of benzene rings is 2. The topological polar surface area (TPSA) is 9.23 Å². The summed E-state index contributed by atoms with van der Waals surface area (Å²) in [6.07, 6.45) is 11.7. The second kappa shape index (κ2) is 10.7. The molecule has 0 amide bonds. The van der Waals surface area contributed by atoms with Gasteiger partial charge in [0, 0.05) is 0 Å². The van der Waals surface area contributed by atoms with Crippen molar-refractivity contribution in [2.45, 2.75) is 90.6 Å². The third-order valence-corrected chi connectivity index (χ3v) is 6.43. The molecule has 1 nitrogen and oxygen atoms in total. The van der Waals surface area contributed by atoms with Crippen molar-refractivity contribution < 1.29 is 4.74 Å². The Kier molecular flexibility index (Phi) is 8.01. The van der Waals surface area contributed by atoms with E-state index in [0.717, 1.165) is 30.4 Å². The van der Waals surface area contributed by atoms with Gasteiger partial charge in [0.2, 0.25) is 0 Å². The Morgan fingerprint density at radius 3 is 2.07 bits per heavy atom. The number of rotatable bonds is 9. The Morgan fingerprint density at radius 1 is 0.821 bits per heavy atom. The van der Waals surface area contributed by atoms with Crippen molar-refractivity contribution in [3.63, 3.8) is 0 Å². The first kappa shape index (κ1) is 21.0. The van der Waals surface area contributed by atoms with Crippen LogP contribution in [0.25, 0.3) is 0 Å². The van der Waals surface area contributed by atoms with Crippen LogP contribution in [-0.4, -0.2) is 0 Å². The molecule has 0 spiro atoms. The van der Waals surface area contributed by atoms with E-state index in [1.165, 1.54) is 61.6 Å². The lowest BCUT2D eigenvalue weighted by Crippen LogP contribution is -2.13. The first-order chi connectivity index (χ1) is 13.7. The van der Waals surface area contributed by atoms with Gasteiger partial charge in [0.05, 0.1) is 0 Å². The molecule has 2 aromatic rings. The summed E-state index contributed by atoms with van der Waals surface area (Å²) in [5.41, 5.74) is 4.19. The molecule has 0 radical (unpaired) electrons. The lowest BCUT2D eigenvalue weighted by Gasteiger charge is -2.28. The first-order valence-corrected chi connectivity index (χ1v) is 11.6. The van der Waals surface area contributed by atoms with Crippen molar-refractivity contribution in [1.29, 1.82) is 0 Å². The average Bonchev–Trinajstić information content (AvgIpc) is 2.74. The van der Waals surface area contributed by atoms with E-state index in [9.17, 15) is 0 Å². The largest absolute Gasteiger partial charge is 0.486 e. The highest BCUT2D eigenvalue weighted by atomic mass is 16.5. The van der Waals surface area contributed by atoms with E-state index >= 15 is 0 Å². The number of hydrogen-bond acceptors (Lipinski definition) is 1. The van der Waals surface area contributed by atoms with Crippen molar-refractivity contribution in [2.75, 3.05) is 0 Å². The third kappa shape index (κ3) is 5.63. The third-order valence-electron chi connectivity index (χ3n) is 6.43. The molecular formula is C27H38O. The van der Waals surface area contributed by atoms with E-state index in [4.69, 9.17) is 4.74 Å². The van der Waals surface area contributed by atoms with Gasteiger partial charge in [0.15, 0.2) is 0 Å². The highest BCUT2D eigenvalue weighted by molar-refractivity contribution is 5.31. The molecule has 2 aromatic carbocycles. The van der Waals surface area contributed by atoms with Crippen LogP contribution < -0.4 is 4.74 Å². The Morgan fingerprint density at radius 2 is 1.50 bits per heavy atom. The van der Waals surface area contributed by atoms with Gasteiger partial charge in [-0.2, -0.15) is 0 Å². The van der Waals surface area contributed by atoms with Crippen LogP contribution in [0.5, 0.6) is 5.75 Å². The van der Waals surface area contributed by atoms with Gasteiger partial charge in [-0.15, -0.1) is 0 Å². The van der Waals surface area contributed by atoms with E-state index in [1.807, 2.05) is 0 Å². The van der Waals surface area contributed by atoms with Crippen LogP contribution in [-0.2, 0) is 6.42 Å². The molecule has 0 aromatic heterocycles. The van der Waals surface area contributed by atoms with Crippen LogP contribution in [0.4, 0.5) is 0 Å². The lowest BCUT2D eigenvalue weighted by atomic mass is 9.77. The van der Waals surface area contributed by atoms with Crippen molar-refractivity contribution in [3.8, 4) is 5.75 Å². The summed E-state index contributed by atoms with van der Waals surface area (Å²) in [6, 6.07) is 18.0. The number of aryl methyl sites for hydroxylation is 1. The Bertz CT molecular complexity index is 677. The van der Waals surface area contributed by atoms with Gasteiger partial charge in [-0.1, -0.05) is 76.4 Å². The minimum Gasteiger partial charge on any atom is -0.486 e. The van der Waals surface area contributed by atoms with Crippen LogP contribution in [0.2, 0.25) is 0 Å². The molecule has 0 heterocycles. The van der Waals surface area contributed by atoms with Gasteiger partial charge < -0.3 is 4.74 Å². The smallest absolute Gasteiger partial charge is 0.123 e. The second-order valence-corrected chi connectivity index (χ2v) is 8.58. The monoisotopic (exact) mass is 378 g/mol. The zero-order valence-electron chi connectivity index (χ0n) is 18.1. The SMILES string of the molecule is CCCc1ccc([C@@H](CC)Oc2ccc(C3CCC(CCC)CC3)cc2)cc1. The van der Waals surface area contributed by atoms with Gasteiger partial charge in [-0.25, -0.2) is 0 Å². The molecule has 1 heteroatoms. The Balaban J connectivity index is 1.58. The van der Waals surface area contributed by atoms with Gasteiger partial charge in [-0.3, -0.25) is 0 Å². The molecule has 1 fully saturated rings. The zero-order chi connectivity index (χ0) is 19.8. The molecule has 1 atom stereocenters. The highest BCUT2D eigenvalue weighted by Crippen LogP contribution is 2.38. The first-order valence-electron chi connectivity index (χ1n) is 11.6. The van der Waals surface area contributed by atoms with E-state index in [-0.39, 0.29) is 6.10 Å². The molecule has 1 aliphatic carbocycles. The maximum absolute atomic E-state index is 6.34. The molecule has 0 aliphatic heterocycles. The zero-order valence-corrected chi connectivity index (χ0v) is 18.1. The molecule has 0 bridgehead atoms. The van der Waals surface area contributed by atoms with Crippen LogP contribution in [0.15, 0.2) is 48.5 Å². The average molecular weight is 379 g/mol. The molecule has 0 saturated heterocycles. The fourth-order valence-electron chi connectivity index (χ4n) is 4.75. The maximum Gasteiger partial charge on any atom is 0.123 e. The van der Waals surface area contributed by atoms with E-state index in [1.54, 1.807) is 0 Å². The van der Waals surface area contributed by atoms with Crippen LogP contribution >= 0.6 is 0 Å². The van der Waals surface area contributed by atoms with Crippen molar-refractivity contribution in [1.82, 2.24) is 0 Å². The van der Waals surface area contributed by atoms with Crippen molar-refractivity contribution in [2.24, 2.45) is 5.92 Å². The molecule has 3 rings (SSSR count). The predicted octanol–water partition coefficient (Wildman–Crippen LogP) is 8.24. The normalized spacial score (nSPS) is 20.7. The number of hydrogen-bond donors (Lipinski definition) is 0. The van der Waals surface area contributed by atoms with Gasteiger partial charge in [-0.05, 0) is 79.2 Å². The molecule has 0 unspecified atom stereocenters. The maximum atomic E-state index is 6.34. The summed E-state index contributed by atoms with van der Waals surface area (Å²) in [5.74, 6) is 2.71. The van der Waals surface area contributed by atoms with E-state index in [2.05, 4.69) is 69.3 Å². The van der Waals surface area contributed by atoms with Gasteiger partial charge >= 0.3 is 0 Å². The molecule has 0 N–H and O–H groups in total. The standard InChI is InChI=1S/C27H38O/c1-4-7-21-9-13-23(14-10-21)24-17-19-26(20-18-24)28-27(6-3)25-15-11-22(8-5-2)12-16-25/h11-12,15-21,23,27H,4-10,13-14H2,1-3H3/t21?,23?,27-/m1/s1. The summed E-state index contributed by atoms with van der Waals surface area (Å²) in [7, 11) is 0. The van der Waals surface area contributed by atoms with Crippen LogP contribution in [0, 0.1) is 5.92 Å². The molecule has 1 aliphatic rings. The number of ether oxygens (including phenoxy) is 1. The van der Waals surface area contributed by atoms with E-state index in [0.29, 0.717) is 0 Å². The summed E-state index contributed by atoms with van der Waals surface area (Å²) in [4.78, 5) is 0. The van der Waals surface area contributed by atoms with Crippen LogP contribution in [0.1, 0.15) is 101 Å². The van der Waals surface area contributed by atoms with Crippen molar-refractivity contribution in [3.05, 3.63) is 65.2 Å². The summed E-state index contributed by atoms with van der Waals surface area (Å²) in [6.45, 7) is 6.74. The Hall–Kier alpha value is -1.76. The summed E-state index contributed by atoms with van der Waals surface area (Å²) >= 11 is 0. The predicted molar refractivity (Wildman–Crippen MR) is 120 cm³/mol. The minimum atomic E-state index is 0.131. The lowest BCUT2D eigenvalue weighted by molar-refractivity contribution is 0.201. The Labute approximate surface area is 172 Å². The van der Waals surface area contributed by atoms with Gasteiger partial charge in [0.1, 0.15) is 11.9 Å². The second-order valence-electron chi connectivity index (χ2n) is 8.58. The van der Waals surface area contributed by atoms with E-state index < -0.39 is 0 Å². The van der Waals surface area contributed by atoms with Crippen LogP contribution in [0.3, 0.4) is 0 Å². The quantitative estimate of drug-likeness (QED) is 0.427. The molecular weight excluding hydrogens is 340 g/mol. The fraction of sp³-hybridized carbons (Fsp3) is 0.556. The molecule has 152 valence electrons. The summed E-state index contributed by atoms with van der Waals surface area (Å²) < 4.78 is 6.34. The van der Waals surface area contributed by atoms with Gasteiger partial charge in [0.25, 0.3) is 0 Å². The molecule has 28 heavy (non-hydrogen) atoms. The minimum absolute atomic E-state index is 0.131. The summed E-state index contributed by atoms with van der Waals surface area (Å²) in [5, 5.41) is 0. The van der Waals surface area contributed by atoms with Crippen molar-refractivity contribution >= 4 is 0 Å².